The van der Waals surface area contributed by atoms with Crippen molar-refractivity contribution in [3.8, 4) is 0 Å². The SMILES string of the molecule is Clc1cccc(CC2CCN(c3ccc4ncccc4c3)CC2)c1Cl. The van der Waals surface area contributed by atoms with E-state index in [0.717, 1.165) is 25.0 Å². The van der Waals surface area contributed by atoms with E-state index in [4.69, 9.17) is 23.2 Å². The zero-order valence-electron chi connectivity index (χ0n) is 14.0. The highest BCUT2D eigenvalue weighted by atomic mass is 35.5. The number of aromatic nitrogens is 1. The molecular formula is C21H20Cl2N2. The van der Waals surface area contributed by atoms with E-state index in [1.807, 2.05) is 24.4 Å². The first-order chi connectivity index (χ1) is 12.2. The van der Waals surface area contributed by atoms with Gasteiger partial charge in [0.1, 0.15) is 0 Å². The summed E-state index contributed by atoms with van der Waals surface area (Å²) in [5.74, 6) is 0.661. The van der Waals surface area contributed by atoms with Crippen LogP contribution in [0.3, 0.4) is 0 Å². The lowest BCUT2D eigenvalue weighted by molar-refractivity contribution is 0.404. The van der Waals surface area contributed by atoms with Crippen LogP contribution in [0.2, 0.25) is 10.0 Å². The molecule has 0 aliphatic carbocycles. The Bertz CT molecular complexity index is 886. The smallest absolute Gasteiger partial charge is 0.0703 e. The summed E-state index contributed by atoms with van der Waals surface area (Å²) >= 11 is 12.5. The number of benzene rings is 2. The maximum Gasteiger partial charge on any atom is 0.0703 e. The highest BCUT2D eigenvalue weighted by Crippen LogP contribution is 2.31. The third-order valence-electron chi connectivity index (χ3n) is 5.11. The average molecular weight is 371 g/mol. The number of piperidine rings is 1. The first-order valence-corrected chi connectivity index (χ1v) is 9.49. The molecule has 1 aliphatic rings. The largest absolute Gasteiger partial charge is 0.371 e. The molecule has 1 fully saturated rings. The van der Waals surface area contributed by atoms with Crippen molar-refractivity contribution in [2.75, 3.05) is 18.0 Å². The molecule has 0 radical (unpaired) electrons. The Hall–Kier alpha value is -1.77. The van der Waals surface area contributed by atoms with Gasteiger partial charge < -0.3 is 4.90 Å². The van der Waals surface area contributed by atoms with Crippen LogP contribution in [0, 0.1) is 5.92 Å². The van der Waals surface area contributed by atoms with Crippen LogP contribution in [-0.4, -0.2) is 18.1 Å². The number of hydrogen-bond acceptors (Lipinski definition) is 2. The molecule has 2 heterocycles. The van der Waals surface area contributed by atoms with Crippen LogP contribution in [0.1, 0.15) is 18.4 Å². The summed E-state index contributed by atoms with van der Waals surface area (Å²) in [6.45, 7) is 2.16. The summed E-state index contributed by atoms with van der Waals surface area (Å²) in [6.07, 6.45) is 5.20. The lowest BCUT2D eigenvalue weighted by atomic mass is 9.90. The third kappa shape index (κ3) is 3.61. The van der Waals surface area contributed by atoms with E-state index in [9.17, 15) is 0 Å². The molecule has 4 rings (SSSR count). The number of rotatable bonds is 3. The number of pyridine rings is 1. The minimum atomic E-state index is 0.654. The number of nitrogens with zero attached hydrogens (tertiary/aromatic N) is 2. The average Bonchev–Trinajstić information content (AvgIpc) is 2.66. The summed E-state index contributed by atoms with van der Waals surface area (Å²) in [4.78, 5) is 6.87. The fourth-order valence-electron chi connectivity index (χ4n) is 3.67. The van der Waals surface area contributed by atoms with Gasteiger partial charge in [-0.15, -0.1) is 0 Å². The maximum atomic E-state index is 6.34. The molecule has 128 valence electrons. The zero-order chi connectivity index (χ0) is 17.2. The van der Waals surface area contributed by atoms with Crippen molar-refractivity contribution in [1.29, 1.82) is 0 Å². The topological polar surface area (TPSA) is 16.1 Å². The lowest BCUT2D eigenvalue weighted by Gasteiger charge is -2.34. The van der Waals surface area contributed by atoms with E-state index in [-0.39, 0.29) is 0 Å². The Labute approximate surface area is 158 Å². The normalized spacial score (nSPS) is 15.7. The third-order valence-corrected chi connectivity index (χ3v) is 5.96. The number of hydrogen-bond donors (Lipinski definition) is 0. The Morgan fingerprint density at radius 3 is 2.68 bits per heavy atom. The molecule has 0 unspecified atom stereocenters. The van der Waals surface area contributed by atoms with Crippen molar-refractivity contribution in [3.63, 3.8) is 0 Å². The Morgan fingerprint density at radius 2 is 1.84 bits per heavy atom. The van der Waals surface area contributed by atoms with Gasteiger partial charge in [-0.1, -0.05) is 41.4 Å². The molecule has 4 heteroatoms. The van der Waals surface area contributed by atoms with Crippen molar-refractivity contribution >= 4 is 39.8 Å². The first-order valence-electron chi connectivity index (χ1n) is 8.73. The molecule has 0 bridgehead atoms. The predicted octanol–water partition coefficient (Wildman–Crippen LogP) is 6.00. The lowest BCUT2D eigenvalue weighted by Crippen LogP contribution is -2.34. The van der Waals surface area contributed by atoms with Crippen molar-refractivity contribution in [1.82, 2.24) is 4.98 Å². The Balaban J connectivity index is 1.43. The minimum Gasteiger partial charge on any atom is -0.371 e. The van der Waals surface area contributed by atoms with E-state index < -0.39 is 0 Å². The van der Waals surface area contributed by atoms with E-state index in [1.165, 1.54) is 29.5 Å². The number of anilines is 1. The summed E-state index contributed by atoms with van der Waals surface area (Å²) in [6, 6.07) is 16.6. The van der Waals surface area contributed by atoms with Crippen molar-refractivity contribution in [2.24, 2.45) is 5.92 Å². The second-order valence-corrected chi connectivity index (χ2v) is 7.51. The monoisotopic (exact) mass is 370 g/mol. The molecule has 0 atom stereocenters. The highest BCUT2D eigenvalue weighted by Gasteiger charge is 2.21. The van der Waals surface area contributed by atoms with Crippen LogP contribution in [0.5, 0.6) is 0 Å². The van der Waals surface area contributed by atoms with Gasteiger partial charge in [0.15, 0.2) is 0 Å². The summed E-state index contributed by atoms with van der Waals surface area (Å²) in [5.41, 5.74) is 3.51. The fourth-order valence-corrected chi connectivity index (χ4v) is 4.07. The van der Waals surface area contributed by atoms with E-state index in [1.54, 1.807) is 0 Å². The quantitative estimate of drug-likeness (QED) is 0.561. The fraction of sp³-hybridized carbons (Fsp3) is 0.286. The number of fused-ring (bicyclic) bond motifs is 1. The second-order valence-electron chi connectivity index (χ2n) is 6.73. The van der Waals surface area contributed by atoms with Gasteiger partial charge in [0.25, 0.3) is 0 Å². The van der Waals surface area contributed by atoms with Crippen LogP contribution in [0.15, 0.2) is 54.7 Å². The van der Waals surface area contributed by atoms with Gasteiger partial charge in [-0.3, -0.25) is 4.98 Å². The molecule has 0 spiro atoms. The van der Waals surface area contributed by atoms with Gasteiger partial charge >= 0.3 is 0 Å². The van der Waals surface area contributed by atoms with Crippen molar-refractivity contribution < 1.29 is 0 Å². The van der Waals surface area contributed by atoms with E-state index >= 15 is 0 Å². The molecule has 2 nitrogen and oxygen atoms in total. The van der Waals surface area contributed by atoms with E-state index in [0.29, 0.717) is 16.0 Å². The van der Waals surface area contributed by atoms with Gasteiger partial charge in [0.05, 0.1) is 15.6 Å². The van der Waals surface area contributed by atoms with Gasteiger partial charge in [0.2, 0.25) is 0 Å². The molecule has 25 heavy (non-hydrogen) atoms. The summed E-state index contributed by atoms with van der Waals surface area (Å²) in [7, 11) is 0. The molecule has 0 amide bonds. The number of halogens is 2. The van der Waals surface area contributed by atoms with Crippen LogP contribution in [-0.2, 0) is 6.42 Å². The standard InChI is InChI=1S/C21H20Cl2N2/c22-19-5-1-3-17(21(19)23)13-15-8-11-25(12-9-15)18-6-7-20-16(14-18)4-2-10-24-20/h1-7,10,14-15H,8-9,11-13H2. The van der Waals surface area contributed by atoms with Crippen LogP contribution < -0.4 is 4.90 Å². The van der Waals surface area contributed by atoms with Crippen molar-refractivity contribution in [2.45, 2.75) is 19.3 Å². The van der Waals surface area contributed by atoms with E-state index in [2.05, 4.69) is 40.2 Å². The summed E-state index contributed by atoms with van der Waals surface area (Å²) in [5, 5.41) is 2.57. The molecular weight excluding hydrogens is 351 g/mol. The molecule has 2 aromatic carbocycles. The van der Waals surface area contributed by atoms with Crippen LogP contribution in [0.25, 0.3) is 10.9 Å². The van der Waals surface area contributed by atoms with Gasteiger partial charge in [-0.05, 0) is 61.1 Å². The molecule has 1 saturated heterocycles. The van der Waals surface area contributed by atoms with Crippen LogP contribution >= 0.6 is 23.2 Å². The zero-order valence-corrected chi connectivity index (χ0v) is 15.5. The Kier molecular flexibility index (Phi) is 4.82. The second kappa shape index (κ2) is 7.23. The van der Waals surface area contributed by atoms with Crippen molar-refractivity contribution in [3.05, 3.63) is 70.3 Å². The first kappa shape index (κ1) is 16.7. The van der Waals surface area contributed by atoms with Gasteiger partial charge in [0, 0.05) is 30.4 Å². The van der Waals surface area contributed by atoms with Gasteiger partial charge in [-0.2, -0.15) is 0 Å². The Morgan fingerprint density at radius 1 is 1.00 bits per heavy atom. The molecule has 1 aliphatic heterocycles. The van der Waals surface area contributed by atoms with Gasteiger partial charge in [-0.25, -0.2) is 0 Å². The van der Waals surface area contributed by atoms with Crippen LogP contribution in [0.4, 0.5) is 5.69 Å². The molecule has 0 N–H and O–H groups in total. The maximum absolute atomic E-state index is 6.34. The minimum absolute atomic E-state index is 0.654. The molecule has 1 aromatic heterocycles. The molecule has 0 saturated carbocycles. The molecule has 3 aromatic rings. The highest BCUT2D eigenvalue weighted by molar-refractivity contribution is 6.42. The predicted molar refractivity (Wildman–Crippen MR) is 107 cm³/mol. The summed E-state index contributed by atoms with van der Waals surface area (Å²) < 4.78 is 0.